The molecule has 0 saturated heterocycles. The van der Waals surface area contributed by atoms with Crippen molar-refractivity contribution in [1.29, 1.82) is 0 Å². The van der Waals surface area contributed by atoms with Gasteiger partial charge in [-0.05, 0) is 38.0 Å². The smallest absolute Gasteiger partial charge is 0.222 e. The zero-order valence-electron chi connectivity index (χ0n) is 9.16. The van der Waals surface area contributed by atoms with Gasteiger partial charge in [0.15, 0.2) is 0 Å². The first-order chi connectivity index (χ1) is 7.08. The molecule has 0 bridgehead atoms. The van der Waals surface area contributed by atoms with Gasteiger partial charge in [-0.2, -0.15) is 0 Å². The number of benzene rings is 1. The first-order valence-corrected chi connectivity index (χ1v) is 4.88. The second-order valence-corrected chi connectivity index (χ2v) is 3.87. The molecule has 1 heterocycles. The first-order valence-electron chi connectivity index (χ1n) is 4.88. The molecule has 0 atom stereocenters. The number of nitrogens with two attached hydrogens (primary N) is 1. The van der Waals surface area contributed by atoms with Crippen molar-refractivity contribution in [3.05, 3.63) is 34.9 Å². The lowest BCUT2D eigenvalue weighted by atomic mass is 9.98. The fraction of sp³-hybridized carbons (Fsp3) is 0.250. The molecule has 2 rings (SSSR count). The largest absolute Gasteiger partial charge is 0.368 e. The highest BCUT2D eigenvalue weighted by Gasteiger charge is 2.09. The maximum Gasteiger partial charge on any atom is 0.222 e. The summed E-state index contributed by atoms with van der Waals surface area (Å²) >= 11 is 0. The Labute approximate surface area is 88.9 Å². The predicted molar refractivity (Wildman–Crippen MR) is 60.6 cm³/mol. The summed E-state index contributed by atoms with van der Waals surface area (Å²) in [4.78, 5) is 0. The van der Waals surface area contributed by atoms with Gasteiger partial charge in [0.25, 0.3) is 0 Å². The van der Waals surface area contributed by atoms with Crippen LogP contribution in [0.3, 0.4) is 0 Å². The fourth-order valence-electron chi connectivity index (χ4n) is 1.72. The Morgan fingerprint density at radius 3 is 2.47 bits per heavy atom. The minimum Gasteiger partial charge on any atom is -0.368 e. The highest BCUT2D eigenvalue weighted by molar-refractivity contribution is 5.67. The zero-order valence-corrected chi connectivity index (χ0v) is 9.16. The predicted octanol–water partition coefficient (Wildman–Crippen LogP) is 2.85. The van der Waals surface area contributed by atoms with Crippen molar-refractivity contribution in [2.75, 3.05) is 5.73 Å². The molecule has 2 aromatic rings. The van der Waals surface area contributed by atoms with Crippen molar-refractivity contribution in [2.24, 2.45) is 0 Å². The molecule has 0 aliphatic carbocycles. The second kappa shape index (κ2) is 3.42. The summed E-state index contributed by atoms with van der Waals surface area (Å²) in [5.41, 5.74) is 11.1. The van der Waals surface area contributed by atoms with E-state index in [9.17, 15) is 0 Å². The molecular weight excluding hydrogens is 188 g/mol. The minimum absolute atomic E-state index is 0.351. The van der Waals surface area contributed by atoms with E-state index in [2.05, 4.69) is 38.1 Å². The van der Waals surface area contributed by atoms with Crippen LogP contribution in [0.1, 0.15) is 16.7 Å². The standard InChI is InChI=1S/C12H14N2O/c1-7-4-8(2)9(3)10(5-7)11-6-12(13)15-14-11/h4-6H,13H2,1-3H3. The lowest BCUT2D eigenvalue weighted by molar-refractivity contribution is 0.439. The highest BCUT2D eigenvalue weighted by Crippen LogP contribution is 2.27. The van der Waals surface area contributed by atoms with E-state index >= 15 is 0 Å². The number of hydrogen-bond acceptors (Lipinski definition) is 3. The van der Waals surface area contributed by atoms with Gasteiger partial charge in [-0.25, -0.2) is 0 Å². The Kier molecular flexibility index (Phi) is 2.23. The molecule has 1 aromatic carbocycles. The van der Waals surface area contributed by atoms with Gasteiger partial charge >= 0.3 is 0 Å². The minimum atomic E-state index is 0.351. The fourth-order valence-corrected chi connectivity index (χ4v) is 1.72. The molecule has 3 heteroatoms. The lowest BCUT2D eigenvalue weighted by Crippen LogP contribution is -1.89. The summed E-state index contributed by atoms with van der Waals surface area (Å²) in [5.74, 6) is 0.351. The number of anilines is 1. The highest BCUT2D eigenvalue weighted by atomic mass is 16.5. The van der Waals surface area contributed by atoms with E-state index in [-0.39, 0.29) is 0 Å². The van der Waals surface area contributed by atoms with Crippen LogP contribution in [0.15, 0.2) is 22.7 Å². The van der Waals surface area contributed by atoms with Gasteiger partial charge in [-0.15, -0.1) is 0 Å². The van der Waals surface area contributed by atoms with Gasteiger partial charge in [0, 0.05) is 11.6 Å². The number of nitrogen functional groups attached to an aromatic ring is 1. The van der Waals surface area contributed by atoms with Crippen molar-refractivity contribution in [3.63, 3.8) is 0 Å². The summed E-state index contributed by atoms with van der Waals surface area (Å²) in [7, 11) is 0. The molecule has 0 radical (unpaired) electrons. The van der Waals surface area contributed by atoms with Crippen LogP contribution in [0.4, 0.5) is 5.88 Å². The molecule has 3 nitrogen and oxygen atoms in total. The molecular formula is C12H14N2O. The van der Waals surface area contributed by atoms with Crippen molar-refractivity contribution < 1.29 is 4.52 Å². The second-order valence-electron chi connectivity index (χ2n) is 3.87. The number of aromatic nitrogens is 1. The third kappa shape index (κ3) is 1.73. The monoisotopic (exact) mass is 202 g/mol. The van der Waals surface area contributed by atoms with Crippen LogP contribution >= 0.6 is 0 Å². The average Bonchev–Trinajstić information content (AvgIpc) is 2.58. The SMILES string of the molecule is Cc1cc(C)c(C)c(-c2cc(N)on2)c1. The number of nitrogens with zero attached hydrogens (tertiary/aromatic N) is 1. The molecule has 0 unspecified atom stereocenters. The van der Waals surface area contributed by atoms with Crippen LogP contribution in [0.5, 0.6) is 0 Å². The van der Waals surface area contributed by atoms with E-state index in [1.807, 2.05) is 0 Å². The maximum absolute atomic E-state index is 5.51. The Bertz CT molecular complexity index is 500. The Balaban J connectivity index is 2.62. The third-order valence-corrected chi connectivity index (χ3v) is 2.62. The Morgan fingerprint density at radius 2 is 1.87 bits per heavy atom. The Hall–Kier alpha value is -1.77. The molecule has 1 aromatic heterocycles. The normalized spacial score (nSPS) is 10.6. The molecule has 0 amide bonds. The van der Waals surface area contributed by atoms with E-state index in [1.165, 1.54) is 16.7 Å². The summed E-state index contributed by atoms with van der Waals surface area (Å²) in [6.07, 6.45) is 0. The van der Waals surface area contributed by atoms with Gasteiger partial charge in [0.1, 0.15) is 5.69 Å². The number of hydrogen-bond donors (Lipinski definition) is 1. The van der Waals surface area contributed by atoms with E-state index in [4.69, 9.17) is 10.3 Å². The van der Waals surface area contributed by atoms with Crippen LogP contribution in [-0.2, 0) is 0 Å². The van der Waals surface area contributed by atoms with Crippen LogP contribution in [0.2, 0.25) is 0 Å². The van der Waals surface area contributed by atoms with Gasteiger partial charge in [0.2, 0.25) is 5.88 Å². The van der Waals surface area contributed by atoms with E-state index < -0.39 is 0 Å². The number of aryl methyl sites for hydroxylation is 2. The molecule has 2 N–H and O–H groups in total. The van der Waals surface area contributed by atoms with Crippen molar-refractivity contribution in [3.8, 4) is 11.3 Å². The molecule has 0 saturated carbocycles. The summed E-state index contributed by atoms with van der Waals surface area (Å²) < 4.78 is 4.88. The molecule has 0 spiro atoms. The quantitative estimate of drug-likeness (QED) is 0.773. The van der Waals surface area contributed by atoms with E-state index in [1.54, 1.807) is 6.07 Å². The van der Waals surface area contributed by atoms with Crippen LogP contribution in [0, 0.1) is 20.8 Å². The molecule has 15 heavy (non-hydrogen) atoms. The first kappa shape index (κ1) is 9.77. The average molecular weight is 202 g/mol. The van der Waals surface area contributed by atoms with Crippen LogP contribution in [-0.4, -0.2) is 5.16 Å². The topological polar surface area (TPSA) is 52.0 Å². The third-order valence-electron chi connectivity index (χ3n) is 2.62. The van der Waals surface area contributed by atoms with Crippen molar-refractivity contribution >= 4 is 5.88 Å². The van der Waals surface area contributed by atoms with Gasteiger partial charge < -0.3 is 10.3 Å². The van der Waals surface area contributed by atoms with Gasteiger partial charge in [-0.1, -0.05) is 16.8 Å². The van der Waals surface area contributed by atoms with E-state index in [0.717, 1.165) is 11.3 Å². The number of rotatable bonds is 1. The Morgan fingerprint density at radius 1 is 1.13 bits per heavy atom. The maximum atomic E-state index is 5.51. The molecule has 0 aliphatic heterocycles. The summed E-state index contributed by atoms with van der Waals surface area (Å²) in [6.45, 7) is 6.24. The molecule has 0 aliphatic rings. The molecule has 78 valence electrons. The summed E-state index contributed by atoms with van der Waals surface area (Å²) in [6, 6.07) is 6.00. The molecule has 0 fully saturated rings. The van der Waals surface area contributed by atoms with Crippen LogP contribution in [0.25, 0.3) is 11.3 Å². The van der Waals surface area contributed by atoms with Crippen LogP contribution < -0.4 is 5.73 Å². The summed E-state index contributed by atoms with van der Waals surface area (Å²) in [5, 5.41) is 3.93. The lowest BCUT2D eigenvalue weighted by Gasteiger charge is -2.07. The van der Waals surface area contributed by atoms with Gasteiger partial charge in [-0.3, -0.25) is 0 Å². The van der Waals surface area contributed by atoms with E-state index in [0.29, 0.717) is 5.88 Å². The van der Waals surface area contributed by atoms with Crippen molar-refractivity contribution in [1.82, 2.24) is 5.16 Å². The van der Waals surface area contributed by atoms with Gasteiger partial charge in [0.05, 0.1) is 0 Å². The van der Waals surface area contributed by atoms with Crippen molar-refractivity contribution in [2.45, 2.75) is 20.8 Å². The zero-order chi connectivity index (χ0) is 11.0.